The van der Waals surface area contributed by atoms with E-state index < -0.39 is 5.91 Å². The van der Waals surface area contributed by atoms with Gasteiger partial charge in [0.2, 0.25) is 5.91 Å². The highest BCUT2D eigenvalue weighted by Gasteiger charge is 2.35. The first-order valence-electron chi connectivity index (χ1n) is 8.49. The monoisotopic (exact) mass is 336 g/mol. The van der Waals surface area contributed by atoms with Crippen LogP contribution in [0.25, 0.3) is 0 Å². The van der Waals surface area contributed by atoms with Gasteiger partial charge in [-0.2, -0.15) is 0 Å². The smallest absolute Gasteiger partial charge is 0.257 e. The third kappa shape index (κ3) is 2.76. The largest absolute Gasteiger partial charge is 0.491 e. The molecule has 0 aromatic heterocycles. The number of benzene rings is 2. The van der Waals surface area contributed by atoms with E-state index in [0.29, 0.717) is 23.5 Å². The summed E-state index contributed by atoms with van der Waals surface area (Å²) in [5.41, 5.74) is 8.23. The molecule has 2 aromatic carbocycles. The number of nitrogens with zero attached hydrogens (tertiary/aromatic N) is 1. The van der Waals surface area contributed by atoms with Crippen LogP contribution in [0.3, 0.4) is 0 Å². The lowest BCUT2D eigenvalue weighted by Gasteiger charge is -2.18. The van der Waals surface area contributed by atoms with Crippen molar-refractivity contribution in [3.63, 3.8) is 0 Å². The highest BCUT2D eigenvalue weighted by molar-refractivity contribution is 6.02. The molecule has 5 heteroatoms. The molecule has 4 rings (SSSR count). The van der Waals surface area contributed by atoms with Crippen LogP contribution in [0.4, 0.5) is 0 Å². The van der Waals surface area contributed by atoms with E-state index in [1.54, 1.807) is 24.1 Å². The number of fused-ring (bicyclic) bond motifs is 1. The Morgan fingerprint density at radius 3 is 2.52 bits per heavy atom. The summed E-state index contributed by atoms with van der Waals surface area (Å²) in [7, 11) is 1.80. The molecule has 128 valence electrons. The lowest BCUT2D eigenvalue weighted by molar-refractivity contribution is 0.0781. The van der Waals surface area contributed by atoms with E-state index in [1.807, 2.05) is 30.3 Å². The van der Waals surface area contributed by atoms with Crippen LogP contribution >= 0.6 is 0 Å². The molecule has 1 unspecified atom stereocenters. The zero-order valence-corrected chi connectivity index (χ0v) is 14.1. The van der Waals surface area contributed by atoms with Gasteiger partial charge in [0.1, 0.15) is 5.75 Å². The Kier molecular flexibility index (Phi) is 3.71. The van der Waals surface area contributed by atoms with Gasteiger partial charge in [0.25, 0.3) is 5.91 Å². The van der Waals surface area contributed by atoms with Gasteiger partial charge in [-0.1, -0.05) is 30.3 Å². The van der Waals surface area contributed by atoms with Gasteiger partial charge < -0.3 is 15.4 Å². The Labute approximate surface area is 146 Å². The minimum absolute atomic E-state index is 0.00622. The maximum absolute atomic E-state index is 12.9. The first-order valence-corrected chi connectivity index (χ1v) is 8.49. The van der Waals surface area contributed by atoms with Gasteiger partial charge in [-0.05, 0) is 30.5 Å². The molecule has 1 aliphatic carbocycles. The van der Waals surface area contributed by atoms with E-state index in [0.717, 1.165) is 24.0 Å². The number of carbonyl (C=O) groups excluding carboxylic acids is 2. The number of nitrogens with two attached hydrogens (primary N) is 1. The van der Waals surface area contributed by atoms with Crippen LogP contribution in [0.2, 0.25) is 0 Å². The lowest BCUT2D eigenvalue weighted by atomic mass is 9.90. The zero-order valence-electron chi connectivity index (χ0n) is 14.1. The molecular formula is C20H20N2O3. The first kappa shape index (κ1) is 15.7. The van der Waals surface area contributed by atoms with Crippen molar-refractivity contribution in [2.75, 3.05) is 13.7 Å². The maximum atomic E-state index is 12.9. The maximum Gasteiger partial charge on any atom is 0.257 e. The summed E-state index contributed by atoms with van der Waals surface area (Å²) in [5, 5.41) is 0. The number of rotatable bonds is 4. The van der Waals surface area contributed by atoms with Crippen molar-refractivity contribution in [2.24, 2.45) is 5.73 Å². The molecule has 2 N–H and O–H groups in total. The van der Waals surface area contributed by atoms with Gasteiger partial charge in [-0.25, -0.2) is 0 Å². The van der Waals surface area contributed by atoms with Crippen molar-refractivity contribution < 1.29 is 14.3 Å². The van der Waals surface area contributed by atoms with Crippen LogP contribution in [-0.2, 0) is 0 Å². The number of amides is 2. The fraction of sp³-hybridized carbons (Fsp3) is 0.300. The summed E-state index contributed by atoms with van der Waals surface area (Å²) in [5.74, 6) is -0.0789. The summed E-state index contributed by atoms with van der Waals surface area (Å²) in [6.07, 6.45) is 2.04. The predicted octanol–water partition coefficient (Wildman–Crippen LogP) is 2.54. The molecule has 25 heavy (non-hydrogen) atoms. The third-order valence-electron chi connectivity index (χ3n) is 5.02. The molecule has 0 spiro atoms. The molecule has 2 aromatic rings. The summed E-state index contributed by atoms with van der Waals surface area (Å²) in [6.45, 7) is 0.453. The second-order valence-corrected chi connectivity index (χ2v) is 6.73. The van der Waals surface area contributed by atoms with E-state index in [4.69, 9.17) is 10.5 Å². The van der Waals surface area contributed by atoms with Crippen molar-refractivity contribution in [3.05, 3.63) is 64.7 Å². The fourth-order valence-electron chi connectivity index (χ4n) is 3.41. The highest BCUT2D eigenvalue weighted by Crippen LogP contribution is 2.42. The average molecular weight is 336 g/mol. The van der Waals surface area contributed by atoms with Crippen LogP contribution in [0.5, 0.6) is 5.75 Å². The molecule has 1 aliphatic heterocycles. The van der Waals surface area contributed by atoms with Gasteiger partial charge in [0.15, 0.2) is 0 Å². The normalized spacial score (nSPS) is 18.4. The Hall–Kier alpha value is -2.82. The average Bonchev–Trinajstić information content (AvgIpc) is 3.39. The molecule has 0 radical (unpaired) electrons. The number of hydrogen-bond donors (Lipinski definition) is 1. The molecule has 2 amide bonds. The van der Waals surface area contributed by atoms with Crippen LogP contribution in [-0.4, -0.2) is 36.4 Å². The van der Waals surface area contributed by atoms with Gasteiger partial charge in [0, 0.05) is 30.1 Å². The lowest BCUT2D eigenvalue weighted by Crippen LogP contribution is -2.29. The van der Waals surface area contributed by atoms with E-state index in [9.17, 15) is 9.59 Å². The van der Waals surface area contributed by atoms with Crippen LogP contribution < -0.4 is 10.5 Å². The van der Waals surface area contributed by atoms with Gasteiger partial charge in [0.05, 0.1) is 12.2 Å². The highest BCUT2D eigenvalue weighted by atomic mass is 16.5. The Bertz CT molecular complexity index is 844. The topological polar surface area (TPSA) is 72.6 Å². The minimum Gasteiger partial charge on any atom is -0.491 e. The van der Waals surface area contributed by atoms with E-state index in [2.05, 4.69) is 0 Å². The van der Waals surface area contributed by atoms with E-state index in [-0.39, 0.29) is 17.9 Å². The van der Waals surface area contributed by atoms with Crippen molar-refractivity contribution in [3.8, 4) is 5.75 Å². The van der Waals surface area contributed by atoms with Crippen molar-refractivity contribution >= 4 is 11.8 Å². The van der Waals surface area contributed by atoms with Crippen molar-refractivity contribution in [2.45, 2.75) is 24.8 Å². The Morgan fingerprint density at radius 2 is 1.88 bits per heavy atom. The SMILES string of the molecule is CN(C(=O)c1cc(C(N)=O)cc2c1OCC2c1ccccc1)C1CC1. The molecular weight excluding hydrogens is 316 g/mol. The van der Waals surface area contributed by atoms with Gasteiger partial charge in [-0.15, -0.1) is 0 Å². The fourth-order valence-corrected chi connectivity index (χ4v) is 3.41. The van der Waals surface area contributed by atoms with Crippen molar-refractivity contribution in [1.82, 2.24) is 4.90 Å². The molecule has 1 saturated carbocycles. The van der Waals surface area contributed by atoms with Gasteiger partial charge in [-0.3, -0.25) is 9.59 Å². The Balaban J connectivity index is 1.81. The van der Waals surface area contributed by atoms with E-state index in [1.165, 1.54) is 0 Å². The van der Waals surface area contributed by atoms with Crippen LogP contribution in [0.15, 0.2) is 42.5 Å². The molecule has 0 saturated heterocycles. The van der Waals surface area contributed by atoms with Crippen molar-refractivity contribution in [1.29, 1.82) is 0 Å². The summed E-state index contributed by atoms with van der Waals surface area (Å²) < 4.78 is 5.90. The molecule has 1 heterocycles. The number of ether oxygens (including phenoxy) is 1. The minimum atomic E-state index is -0.537. The second kappa shape index (κ2) is 5.92. The summed E-state index contributed by atoms with van der Waals surface area (Å²) >= 11 is 0. The number of hydrogen-bond acceptors (Lipinski definition) is 3. The molecule has 1 fully saturated rings. The zero-order chi connectivity index (χ0) is 17.6. The Morgan fingerprint density at radius 1 is 1.16 bits per heavy atom. The van der Waals surface area contributed by atoms with Crippen LogP contribution in [0, 0.1) is 0 Å². The first-order chi connectivity index (χ1) is 12.1. The molecule has 5 nitrogen and oxygen atoms in total. The summed E-state index contributed by atoms with van der Waals surface area (Å²) in [4.78, 5) is 26.4. The standard InChI is InChI=1S/C20H20N2O3/c1-22(14-7-8-14)20(24)16-10-13(19(21)23)9-15-17(11-25-18(15)16)12-5-3-2-4-6-12/h2-6,9-10,14,17H,7-8,11H2,1H3,(H2,21,23). The number of primary amides is 1. The second-order valence-electron chi connectivity index (χ2n) is 6.73. The quantitative estimate of drug-likeness (QED) is 0.932. The summed E-state index contributed by atoms with van der Waals surface area (Å²) in [6, 6.07) is 13.6. The molecule has 0 bridgehead atoms. The van der Waals surface area contributed by atoms with Crippen LogP contribution in [0.1, 0.15) is 50.6 Å². The number of carbonyl (C=O) groups is 2. The third-order valence-corrected chi connectivity index (χ3v) is 5.02. The molecule has 2 aliphatic rings. The predicted molar refractivity (Wildman–Crippen MR) is 93.9 cm³/mol. The van der Waals surface area contributed by atoms with Gasteiger partial charge >= 0.3 is 0 Å². The van der Waals surface area contributed by atoms with E-state index >= 15 is 0 Å². The molecule has 1 atom stereocenters.